The predicted octanol–water partition coefficient (Wildman–Crippen LogP) is 4.11. The van der Waals surface area contributed by atoms with Crippen LogP contribution >= 0.6 is 15.9 Å². The van der Waals surface area contributed by atoms with Crippen molar-refractivity contribution in [3.8, 4) is 0 Å². The summed E-state index contributed by atoms with van der Waals surface area (Å²) in [6.45, 7) is 3.78. The number of hydrogen-bond donors (Lipinski definition) is 0. The summed E-state index contributed by atoms with van der Waals surface area (Å²) in [6.07, 6.45) is 2.09. The van der Waals surface area contributed by atoms with E-state index in [0.717, 1.165) is 6.42 Å². The molecule has 0 aliphatic carbocycles. The van der Waals surface area contributed by atoms with Gasteiger partial charge in [0.05, 0.1) is 0 Å². The lowest BCUT2D eigenvalue weighted by Crippen LogP contribution is -1.94. The first-order valence-corrected chi connectivity index (χ1v) is 4.70. The van der Waals surface area contributed by atoms with E-state index in [4.69, 9.17) is 0 Å². The zero-order chi connectivity index (χ0) is 8.85. The van der Waals surface area contributed by atoms with Crippen molar-refractivity contribution in [1.82, 2.24) is 0 Å². The summed E-state index contributed by atoms with van der Waals surface area (Å²) in [5.74, 6) is -0.644. The molecule has 0 bridgehead atoms. The van der Waals surface area contributed by atoms with Crippen molar-refractivity contribution in [2.24, 2.45) is 0 Å². The van der Waals surface area contributed by atoms with Crippen LogP contribution in [-0.4, -0.2) is 5.08 Å². The Labute approximate surface area is 74.8 Å². The minimum Gasteiger partial charge on any atom is -0.227 e. The van der Waals surface area contributed by atoms with Crippen LogP contribution in [0.4, 0.5) is 8.78 Å². The van der Waals surface area contributed by atoms with Gasteiger partial charge in [-0.25, -0.2) is 8.78 Å². The second-order valence-electron chi connectivity index (χ2n) is 2.36. The van der Waals surface area contributed by atoms with Gasteiger partial charge in [0.15, 0.2) is 0 Å². The van der Waals surface area contributed by atoms with Crippen LogP contribution < -0.4 is 0 Å². The van der Waals surface area contributed by atoms with Crippen LogP contribution in [0.5, 0.6) is 0 Å². The molecule has 0 aromatic heterocycles. The van der Waals surface area contributed by atoms with Crippen LogP contribution in [0.3, 0.4) is 0 Å². The molecule has 0 N–H and O–H groups in total. The van der Waals surface area contributed by atoms with Gasteiger partial charge in [-0.2, -0.15) is 0 Å². The Morgan fingerprint density at radius 2 is 2.00 bits per heavy atom. The van der Waals surface area contributed by atoms with Gasteiger partial charge >= 0.3 is 0 Å². The third kappa shape index (κ3) is 3.85. The summed E-state index contributed by atoms with van der Waals surface area (Å²) in [5, 5.41) is -1.62. The highest BCUT2D eigenvalue weighted by Crippen LogP contribution is 2.23. The van der Waals surface area contributed by atoms with Gasteiger partial charge in [-0.15, -0.1) is 0 Å². The summed E-state index contributed by atoms with van der Waals surface area (Å²) in [7, 11) is 0. The molecule has 0 saturated carbocycles. The normalized spacial score (nSPS) is 16.1. The van der Waals surface area contributed by atoms with Gasteiger partial charge in [-0.05, 0) is 34.3 Å². The summed E-state index contributed by atoms with van der Waals surface area (Å²) < 4.78 is 25.2. The number of halogens is 3. The summed E-state index contributed by atoms with van der Waals surface area (Å²) in [5.41, 5.74) is 0.580. The SMILES string of the molecule is CCCC(CC)=C(F)C(F)Br. The Morgan fingerprint density at radius 3 is 2.27 bits per heavy atom. The van der Waals surface area contributed by atoms with E-state index in [1.807, 2.05) is 13.8 Å². The van der Waals surface area contributed by atoms with Gasteiger partial charge in [0, 0.05) is 0 Å². The van der Waals surface area contributed by atoms with Crippen LogP contribution in [0.2, 0.25) is 0 Å². The third-order valence-corrected chi connectivity index (χ3v) is 1.91. The van der Waals surface area contributed by atoms with E-state index < -0.39 is 10.9 Å². The minimum absolute atomic E-state index is 0.580. The molecule has 0 nitrogen and oxygen atoms in total. The molecule has 11 heavy (non-hydrogen) atoms. The van der Waals surface area contributed by atoms with Crippen molar-refractivity contribution in [2.75, 3.05) is 0 Å². The van der Waals surface area contributed by atoms with Gasteiger partial charge < -0.3 is 0 Å². The maximum Gasteiger partial charge on any atom is 0.205 e. The van der Waals surface area contributed by atoms with Gasteiger partial charge in [0.25, 0.3) is 0 Å². The van der Waals surface area contributed by atoms with Crippen LogP contribution in [0.1, 0.15) is 33.1 Å². The molecule has 0 fully saturated rings. The third-order valence-electron chi connectivity index (χ3n) is 1.51. The molecule has 1 atom stereocenters. The Morgan fingerprint density at radius 1 is 1.45 bits per heavy atom. The fourth-order valence-corrected chi connectivity index (χ4v) is 1.24. The molecule has 0 aromatic rings. The Bertz CT molecular complexity index is 141. The highest BCUT2D eigenvalue weighted by atomic mass is 79.9. The summed E-state index contributed by atoms with van der Waals surface area (Å²) in [4.78, 5) is 0. The van der Waals surface area contributed by atoms with E-state index in [9.17, 15) is 8.78 Å². The summed E-state index contributed by atoms with van der Waals surface area (Å²) >= 11 is 2.55. The highest BCUT2D eigenvalue weighted by molar-refractivity contribution is 9.09. The van der Waals surface area contributed by atoms with Gasteiger partial charge in [-0.3, -0.25) is 0 Å². The Balaban J connectivity index is 4.27. The summed E-state index contributed by atoms with van der Waals surface area (Å²) in [6, 6.07) is 0. The lowest BCUT2D eigenvalue weighted by Gasteiger charge is -2.05. The molecule has 1 unspecified atom stereocenters. The maximum atomic E-state index is 12.8. The first kappa shape index (κ1) is 11.1. The number of alkyl halides is 2. The zero-order valence-corrected chi connectivity index (χ0v) is 8.42. The molecule has 0 rings (SSSR count). The molecule has 0 aromatic carbocycles. The molecule has 0 aliphatic rings. The van der Waals surface area contributed by atoms with Crippen molar-refractivity contribution in [2.45, 2.75) is 38.2 Å². The van der Waals surface area contributed by atoms with Crippen molar-refractivity contribution in [3.63, 3.8) is 0 Å². The fourth-order valence-electron chi connectivity index (χ4n) is 0.921. The van der Waals surface area contributed by atoms with Gasteiger partial charge in [-0.1, -0.05) is 20.3 Å². The van der Waals surface area contributed by atoms with E-state index >= 15 is 0 Å². The Kier molecular flexibility index (Phi) is 5.74. The topological polar surface area (TPSA) is 0 Å². The molecule has 0 heterocycles. The van der Waals surface area contributed by atoms with Gasteiger partial charge in [0.2, 0.25) is 5.08 Å². The molecule has 0 radical (unpaired) electrons. The molecule has 0 saturated heterocycles. The zero-order valence-electron chi connectivity index (χ0n) is 6.83. The molecular formula is C8H13BrF2. The fraction of sp³-hybridized carbons (Fsp3) is 0.750. The van der Waals surface area contributed by atoms with Crippen LogP contribution in [0, 0.1) is 0 Å². The van der Waals surface area contributed by atoms with E-state index in [1.54, 1.807) is 0 Å². The number of allylic oxidation sites excluding steroid dienone is 2. The quantitative estimate of drug-likeness (QED) is 0.634. The number of hydrogen-bond acceptors (Lipinski definition) is 0. The maximum absolute atomic E-state index is 12.8. The van der Waals surface area contributed by atoms with E-state index in [-0.39, 0.29) is 0 Å². The first-order valence-electron chi connectivity index (χ1n) is 3.79. The first-order chi connectivity index (χ1) is 5.13. The monoisotopic (exact) mass is 226 g/mol. The smallest absolute Gasteiger partial charge is 0.205 e. The molecule has 0 amide bonds. The molecule has 66 valence electrons. The molecule has 0 aliphatic heterocycles. The van der Waals surface area contributed by atoms with Crippen molar-refractivity contribution >= 4 is 15.9 Å². The van der Waals surface area contributed by atoms with E-state index in [1.165, 1.54) is 0 Å². The molecular weight excluding hydrogens is 214 g/mol. The molecule has 0 spiro atoms. The van der Waals surface area contributed by atoms with Crippen molar-refractivity contribution in [1.29, 1.82) is 0 Å². The predicted molar refractivity (Wildman–Crippen MR) is 47.2 cm³/mol. The Hall–Kier alpha value is 0.0800. The van der Waals surface area contributed by atoms with Crippen molar-refractivity contribution in [3.05, 3.63) is 11.4 Å². The van der Waals surface area contributed by atoms with E-state index in [2.05, 4.69) is 15.9 Å². The standard InChI is InChI=1S/C8H13BrF2/c1-3-5-6(4-2)7(10)8(9)11/h8H,3-5H2,1-2H3. The van der Waals surface area contributed by atoms with Crippen LogP contribution in [0.25, 0.3) is 0 Å². The second-order valence-corrected chi connectivity index (χ2v) is 3.16. The lowest BCUT2D eigenvalue weighted by molar-refractivity contribution is 0.421. The second kappa shape index (κ2) is 5.70. The lowest BCUT2D eigenvalue weighted by atomic mass is 10.1. The minimum atomic E-state index is -1.62. The average molecular weight is 227 g/mol. The van der Waals surface area contributed by atoms with E-state index in [0.29, 0.717) is 18.4 Å². The highest BCUT2D eigenvalue weighted by Gasteiger charge is 2.12. The largest absolute Gasteiger partial charge is 0.227 e. The average Bonchev–Trinajstić information content (AvgIpc) is 1.98. The number of rotatable bonds is 4. The van der Waals surface area contributed by atoms with Crippen LogP contribution in [0.15, 0.2) is 11.4 Å². The van der Waals surface area contributed by atoms with Crippen LogP contribution in [-0.2, 0) is 0 Å². The molecule has 3 heteroatoms. The van der Waals surface area contributed by atoms with Crippen molar-refractivity contribution < 1.29 is 8.78 Å². The van der Waals surface area contributed by atoms with Gasteiger partial charge in [0.1, 0.15) is 5.83 Å².